The Morgan fingerprint density at radius 2 is 2.14 bits per heavy atom. The van der Waals surface area contributed by atoms with E-state index in [1.807, 2.05) is 19.9 Å². The van der Waals surface area contributed by atoms with Gasteiger partial charge in [0.2, 0.25) is 0 Å². The lowest BCUT2D eigenvalue weighted by Gasteiger charge is -2.08. The first-order valence-electron chi connectivity index (χ1n) is 4.53. The van der Waals surface area contributed by atoms with Gasteiger partial charge in [-0.2, -0.15) is 0 Å². The zero-order chi connectivity index (χ0) is 10.1. The van der Waals surface area contributed by atoms with Gasteiger partial charge >= 0.3 is 0 Å². The van der Waals surface area contributed by atoms with Crippen molar-refractivity contribution < 1.29 is 14.3 Å². The second-order valence-corrected chi connectivity index (χ2v) is 3.45. The molecule has 2 aromatic rings. The molecule has 3 nitrogen and oxygen atoms in total. The molecular weight excluding hydrogens is 180 g/mol. The Kier molecular flexibility index (Phi) is 2.08. The number of hydrogen-bond acceptors (Lipinski definition) is 3. The first-order valence-corrected chi connectivity index (χ1v) is 4.53. The summed E-state index contributed by atoms with van der Waals surface area (Å²) in [5, 5.41) is 10.1. The topological polar surface area (TPSA) is 42.6 Å². The highest BCUT2D eigenvalue weighted by Crippen LogP contribution is 2.29. The number of aromatic hydroxyl groups is 1. The SMILES string of the molecule is CC(C)Oc1ccc2c(O)coc2c1. The van der Waals surface area contributed by atoms with E-state index in [0.717, 1.165) is 5.75 Å². The van der Waals surface area contributed by atoms with E-state index in [4.69, 9.17) is 9.15 Å². The monoisotopic (exact) mass is 192 g/mol. The molecule has 1 N–H and O–H groups in total. The van der Waals surface area contributed by atoms with Gasteiger partial charge in [-0.3, -0.25) is 0 Å². The van der Waals surface area contributed by atoms with Gasteiger partial charge in [0, 0.05) is 6.07 Å². The first-order chi connectivity index (χ1) is 6.66. The third kappa shape index (κ3) is 1.53. The average molecular weight is 192 g/mol. The van der Waals surface area contributed by atoms with E-state index < -0.39 is 0 Å². The Morgan fingerprint density at radius 3 is 2.86 bits per heavy atom. The molecule has 1 aromatic carbocycles. The molecule has 0 fully saturated rings. The molecule has 0 atom stereocenters. The van der Waals surface area contributed by atoms with E-state index in [1.54, 1.807) is 12.1 Å². The normalized spacial score (nSPS) is 11.1. The zero-order valence-corrected chi connectivity index (χ0v) is 8.15. The fourth-order valence-corrected chi connectivity index (χ4v) is 1.34. The van der Waals surface area contributed by atoms with Crippen LogP contribution in [-0.4, -0.2) is 11.2 Å². The highest BCUT2D eigenvalue weighted by atomic mass is 16.5. The molecule has 1 heterocycles. The molecule has 14 heavy (non-hydrogen) atoms. The Morgan fingerprint density at radius 1 is 1.36 bits per heavy atom. The van der Waals surface area contributed by atoms with Crippen LogP contribution in [-0.2, 0) is 0 Å². The van der Waals surface area contributed by atoms with Gasteiger partial charge in [0.25, 0.3) is 0 Å². The molecular formula is C11H12O3. The largest absolute Gasteiger partial charge is 0.504 e. The molecule has 3 heteroatoms. The predicted molar refractivity (Wildman–Crippen MR) is 53.6 cm³/mol. The average Bonchev–Trinajstić information content (AvgIpc) is 2.46. The van der Waals surface area contributed by atoms with Gasteiger partial charge in [0.05, 0.1) is 11.5 Å². The van der Waals surface area contributed by atoms with E-state index in [2.05, 4.69) is 0 Å². The van der Waals surface area contributed by atoms with E-state index >= 15 is 0 Å². The summed E-state index contributed by atoms with van der Waals surface area (Å²) in [7, 11) is 0. The number of rotatable bonds is 2. The van der Waals surface area contributed by atoms with Crippen LogP contribution in [0.15, 0.2) is 28.9 Å². The fraction of sp³-hybridized carbons (Fsp3) is 0.273. The maximum absolute atomic E-state index is 9.35. The van der Waals surface area contributed by atoms with Crippen LogP contribution in [0.2, 0.25) is 0 Å². The van der Waals surface area contributed by atoms with Crippen LogP contribution in [0, 0.1) is 0 Å². The van der Waals surface area contributed by atoms with E-state index in [9.17, 15) is 5.11 Å². The summed E-state index contributed by atoms with van der Waals surface area (Å²) in [5.74, 6) is 0.915. The van der Waals surface area contributed by atoms with Gasteiger partial charge in [-0.05, 0) is 26.0 Å². The molecule has 2 rings (SSSR count). The minimum atomic E-state index is 0.135. The van der Waals surface area contributed by atoms with Gasteiger partial charge in [0.15, 0.2) is 5.75 Å². The number of benzene rings is 1. The number of furan rings is 1. The summed E-state index contributed by atoms with van der Waals surface area (Å²) >= 11 is 0. The maximum Gasteiger partial charge on any atom is 0.161 e. The first kappa shape index (κ1) is 8.94. The molecule has 0 saturated carbocycles. The standard InChI is InChI=1S/C11H12O3/c1-7(2)14-8-3-4-9-10(12)6-13-11(9)5-8/h3-7,12H,1-2H3. The third-order valence-corrected chi connectivity index (χ3v) is 1.90. The van der Waals surface area contributed by atoms with Crippen molar-refractivity contribution in [2.45, 2.75) is 20.0 Å². The fourth-order valence-electron chi connectivity index (χ4n) is 1.34. The molecule has 0 radical (unpaired) electrons. The quantitative estimate of drug-likeness (QED) is 0.795. The Hall–Kier alpha value is -1.64. The third-order valence-electron chi connectivity index (χ3n) is 1.90. The maximum atomic E-state index is 9.35. The highest BCUT2D eigenvalue weighted by Gasteiger charge is 2.06. The number of fused-ring (bicyclic) bond motifs is 1. The second kappa shape index (κ2) is 3.25. The van der Waals surface area contributed by atoms with Crippen LogP contribution >= 0.6 is 0 Å². The van der Waals surface area contributed by atoms with Crippen LogP contribution in [0.1, 0.15) is 13.8 Å². The smallest absolute Gasteiger partial charge is 0.161 e. The molecule has 0 unspecified atom stereocenters. The van der Waals surface area contributed by atoms with Crippen LogP contribution in [0.4, 0.5) is 0 Å². The van der Waals surface area contributed by atoms with Gasteiger partial charge in [0.1, 0.15) is 17.6 Å². The lowest BCUT2D eigenvalue weighted by Crippen LogP contribution is -2.04. The van der Waals surface area contributed by atoms with Crippen molar-refractivity contribution in [1.29, 1.82) is 0 Å². The molecule has 0 aliphatic rings. The zero-order valence-electron chi connectivity index (χ0n) is 8.15. The summed E-state index contributed by atoms with van der Waals surface area (Å²) in [6.07, 6.45) is 1.46. The van der Waals surface area contributed by atoms with Crippen molar-refractivity contribution in [3.05, 3.63) is 24.5 Å². The molecule has 0 aliphatic carbocycles. The van der Waals surface area contributed by atoms with Gasteiger partial charge in [-0.25, -0.2) is 0 Å². The van der Waals surface area contributed by atoms with Crippen molar-refractivity contribution in [3.63, 3.8) is 0 Å². The van der Waals surface area contributed by atoms with Gasteiger partial charge < -0.3 is 14.3 Å². The van der Waals surface area contributed by atoms with Crippen LogP contribution in [0.5, 0.6) is 11.5 Å². The van der Waals surface area contributed by atoms with Gasteiger partial charge in [-0.1, -0.05) is 0 Å². The minimum Gasteiger partial charge on any atom is -0.504 e. The lowest BCUT2D eigenvalue weighted by molar-refractivity contribution is 0.242. The highest BCUT2D eigenvalue weighted by molar-refractivity contribution is 5.84. The predicted octanol–water partition coefficient (Wildman–Crippen LogP) is 2.93. The van der Waals surface area contributed by atoms with Crippen LogP contribution < -0.4 is 4.74 Å². The van der Waals surface area contributed by atoms with Crippen LogP contribution in [0.25, 0.3) is 11.0 Å². The summed E-state index contributed by atoms with van der Waals surface area (Å²) in [6, 6.07) is 5.37. The Bertz CT molecular complexity index is 443. The van der Waals surface area contributed by atoms with Crippen molar-refractivity contribution in [2.75, 3.05) is 0 Å². The van der Waals surface area contributed by atoms with Crippen molar-refractivity contribution in [1.82, 2.24) is 0 Å². The molecule has 0 amide bonds. The van der Waals surface area contributed by atoms with Crippen LogP contribution in [0.3, 0.4) is 0 Å². The summed E-state index contributed by atoms with van der Waals surface area (Å²) in [4.78, 5) is 0. The molecule has 0 bridgehead atoms. The lowest BCUT2D eigenvalue weighted by atomic mass is 10.2. The summed E-state index contributed by atoms with van der Waals surface area (Å²) < 4.78 is 10.6. The van der Waals surface area contributed by atoms with E-state index in [-0.39, 0.29) is 11.9 Å². The van der Waals surface area contributed by atoms with Gasteiger partial charge in [-0.15, -0.1) is 0 Å². The molecule has 0 aliphatic heterocycles. The summed E-state index contributed by atoms with van der Waals surface area (Å²) in [5.41, 5.74) is 0.639. The minimum absolute atomic E-state index is 0.135. The molecule has 1 aromatic heterocycles. The summed E-state index contributed by atoms with van der Waals surface area (Å²) in [6.45, 7) is 3.92. The van der Waals surface area contributed by atoms with E-state index in [0.29, 0.717) is 11.0 Å². The van der Waals surface area contributed by atoms with Crippen molar-refractivity contribution >= 4 is 11.0 Å². The van der Waals surface area contributed by atoms with Crippen molar-refractivity contribution in [3.8, 4) is 11.5 Å². The number of ether oxygens (including phenoxy) is 1. The Balaban J connectivity index is 2.42. The number of hydrogen-bond donors (Lipinski definition) is 1. The van der Waals surface area contributed by atoms with E-state index in [1.165, 1.54) is 6.26 Å². The van der Waals surface area contributed by atoms with Crippen molar-refractivity contribution in [2.24, 2.45) is 0 Å². The Labute approximate surface area is 81.9 Å². The second-order valence-electron chi connectivity index (χ2n) is 3.45. The molecule has 0 spiro atoms. The molecule has 74 valence electrons. The molecule has 0 saturated heterocycles.